The summed E-state index contributed by atoms with van der Waals surface area (Å²) in [5, 5.41) is 0. The number of rotatable bonds is 12. The maximum absolute atomic E-state index is 11.5. The molecule has 0 bridgehead atoms. The van der Waals surface area contributed by atoms with Crippen molar-refractivity contribution < 1.29 is 28.5 Å². The summed E-state index contributed by atoms with van der Waals surface area (Å²) in [6, 6.07) is 15.6. The van der Waals surface area contributed by atoms with E-state index in [1.165, 1.54) is 0 Å². The van der Waals surface area contributed by atoms with Crippen molar-refractivity contribution >= 4 is 11.9 Å². The van der Waals surface area contributed by atoms with Gasteiger partial charge in [0.25, 0.3) is 0 Å². The Morgan fingerprint density at radius 3 is 1.79 bits per heavy atom. The third-order valence-corrected chi connectivity index (χ3v) is 4.53. The fourth-order valence-corrected chi connectivity index (χ4v) is 2.74. The number of carbonyl (C=O) groups excluding carboxylic acids is 2. The molecule has 176 valence electrons. The molecule has 0 saturated heterocycles. The normalized spacial score (nSPS) is 12.2. The highest BCUT2D eigenvalue weighted by atomic mass is 16.6. The molecule has 33 heavy (non-hydrogen) atoms. The molecule has 0 aliphatic carbocycles. The van der Waals surface area contributed by atoms with E-state index in [2.05, 4.69) is 13.2 Å². The lowest BCUT2D eigenvalue weighted by Crippen LogP contribution is -2.22. The van der Waals surface area contributed by atoms with E-state index < -0.39 is 11.9 Å². The summed E-state index contributed by atoms with van der Waals surface area (Å²) in [6.45, 7) is 14.4. The first kappa shape index (κ1) is 25.7. The summed E-state index contributed by atoms with van der Waals surface area (Å²) in [7, 11) is 0. The zero-order chi connectivity index (χ0) is 24.4. The minimum absolute atomic E-state index is 0.164. The van der Waals surface area contributed by atoms with Crippen molar-refractivity contribution in [1.29, 1.82) is 0 Å². The van der Waals surface area contributed by atoms with Crippen LogP contribution in [0.1, 0.15) is 38.8 Å². The van der Waals surface area contributed by atoms with Crippen LogP contribution in [0.2, 0.25) is 0 Å². The van der Waals surface area contributed by atoms with E-state index in [9.17, 15) is 9.59 Å². The molecular formula is C27H32O6. The van der Waals surface area contributed by atoms with E-state index in [1.54, 1.807) is 20.8 Å². The molecule has 6 nitrogen and oxygen atoms in total. The average Bonchev–Trinajstić information content (AvgIpc) is 2.78. The number of hydrogen-bond acceptors (Lipinski definition) is 6. The molecule has 2 atom stereocenters. The minimum atomic E-state index is -0.419. The van der Waals surface area contributed by atoms with Gasteiger partial charge in [-0.05, 0) is 69.5 Å². The van der Waals surface area contributed by atoms with Crippen LogP contribution >= 0.6 is 0 Å². The Bertz CT molecular complexity index is 959. The Hall–Kier alpha value is -3.54. The average molecular weight is 453 g/mol. The summed E-state index contributed by atoms with van der Waals surface area (Å²) in [5.41, 5.74) is 3.00. The van der Waals surface area contributed by atoms with Crippen LogP contribution in [0.25, 0.3) is 0 Å². The lowest BCUT2D eigenvalue weighted by molar-refractivity contribution is -0.144. The standard InChI is InChI=1S/C27H32O6/c1-18(2)26(28)31-17-20(5)32-25-13-9-23(10-14-25)15-22-7-11-24(12-8-22)30-16-21(6)33-27(29)19(3)4/h7-14,20-21H,1,3,15-17H2,2,4-6H3. The lowest BCUT2D eigenvalue weighted by atomic mass is 10.0. The van der Waals surface area contributed by atoms with Crippen LogP contribution in [0.15, 0.2) is 72.8 Å². The first-order chi connectivity index (χ1) is 15.6. The Morgan fingerprint density at radius 1 is 0.758 bits per heavy atom. The molecule has 0 N–H and O–H groups in total. The second-order valence-corrected chi connectivity index (χ2v) is 8.08. The molecule has 0 aliphatic rings. The maximum atomic E-state index is 11.5. The zero-order valence-corrected chi connectivity index (χ0v) is 19.8. The summed E-state index contributed by atoms with van der Waals surface area (Å²) < 4.78 is 21.8. The van der Waals surface area contributed by atoms with Crippen LogP contribution in [0.4, 0.5) is 0 Å². The van der Waals surface area contributed by atoms with Crippen LogP contribution in [-0.2, 0) is 25.5 Å². The Labute approximate surface area is 195 Å². The monoisotopic (exact) mass is 452 g/mol. The molecule has 2 unspecified atom stereocenters. The highest BCUT2D eigenvalue weighted by Crippen LogP contribution is 2.19. The smallest absolute Gasteiger partial charge is 0.333 e. The largest absolute Gasteiger partial charge is 0.490 e. The van der Waals surface area contributed by atoms with Crippen LogP contribution in [0.5, 0.6) is 11.5 Å². The Morgan fingerprint density at radius 2 is 1.27 bits per heavy atom. The number of esters is 2. The number of hydrogen-bond donors (Lipinski definition) is 0. The molecule has 0 spiro atoms. The van der Waals surface area contributed by atoms with Gasteiger partial charge in [-0.2, -0.15) is 0 Å². The SMILES string of the molecule is C=C(C)C(=O)OCC(C)Oc1ccc(Cc2ccc(OCC(C)OC(=O)C(=C)C)cc2)cc1. The summed E-state index contributed by atoms with van der Waals surface area (Å²) in [5.74, 6) is 0.585. The van der Waals surface area contributed by atoms with Crippen molar-refractivity contribution in [2.45, 2.75) is 46.3 Å². The lowest BCUT2D eigenvalue weighted by Gasteiger charge is -2.15. The van der Waals surface area contributed by atoms with Crippen molar-refractivity contribution in [2.75, 3.05) is 13.2 Å². The number of carbonyl (C=O) groups is 2. The van der Waals surface area contributed by atoms with Gasteiger partial charge < -0.3 is 18.9 Å². The van der Waals surface area contributed by atoms with Crippen molar-refractivity contribution in [1.82, 2.24) is 0 Å². The van der Waals surface area contributed by atoms with Gasteiger partial charge >= 0.3 is 11.9 Å². The van der Waals surface area contributed by atoms with Crippen molar-refractivity contribution in [3.63, 3.8) is 0 Å². The van der Waals surface area contributed by atoms with E-state index in [0.29, 0.717) is 22.6 Å². The maximum Gasteiger partial charge on any atom is 0.333 e. The molecule has 0 fully saturated rings. The van der Waals surface area contributed by atoms with E-state index in [4.69, 9.17) is 18.9 Å². The summed E-state index contributed by atoms with van der Waals surface area (Å²) in [4.78, 5) is 23.0. The van der Waals surface area contributed by atoms with Gasteiger partial charge in [0, 0.05) is 11.1 Å². The molecule has 0 radical (unpaired) electrons. The van der Waals surface area contributed by atoms with Gasteiger partial charge in [-0.1, -0.05) is 37.4 Å². The Balaban J connectivity index is 1.80. The highest BCUT2D eigenvalue weighted by molar-refractivity contribution is 5.87. The third-order valence-electron chi connectivity index (χ3n) is 4.53. The molecule has 0 aromatic heterocycles. The van der Waals surface area contributed by atoms with Gasteiger partial charge in [0.1, 0.15) is 36.9 Å². The first-order valence-electron chi connectivity index (χ1n) is 10.8. The van der Waals surface area contributed by atoms with Crippen molar-refractivity contribution in [3.8, 4) is 11.5 Å². The van der Waals surface area contributed by atoms with Gasteiger partial charge in [0.05, 0.1) is 0 Å². The van der Waals surface area contributed by atoms with Crippen LogP contribution in [0, 0.1) is 0 Å². The van der Waals surface area contributed by atoms with Gasteiger partial charge in [-0.15, -0.1) is 0 Å². The first-order valence-corrected chi connectivity index (χ1v) is 10.8. The molecule has 2 aromatic rings. The molecule has 0 amide bonds. The van der Waals surface area contributed by atoms with Crippen molar-refractivity contribution in [2.24, 2.45) is 0 Å². The number of benzene rings is 2. The highest BCUT2D eigenvalue weighted by Gasteiger charge is 2.11. The molecule has 2 aromatic carbocycles. The molecule has 0 saturated carbocycles. The molecule has 2 rings (SSSR count). The third kappa shape index (κ3) is 9.23. The predicted molar refractivity (Wildman–Crippen MR) is 127 cm³/mol. The molecule has 6 heteroatoms. The van der Waals surface area contributed by atoms with Crippen LogP contribution in [0.3, 0.4) is 0 Å². The minimum Gasteiger partial charge on any atom is -0.490 e. The fourth-order valence-electron chi connectivity index (χ4n) is 2.74. The van der Waals surface area contributed by atoms with Gasteiger partial charge in [-0.3, -0.25) is 0 Å². The topological polar surface area (TPSA) is 71.1 Å². The molecule has 0 aliphatic heterocycles. The van der Waals surface area contributed by atoms with E-state index >= 15 is 0 Å². The van der Waals surface area contributed by atoms with E-state index in [1.807, 2.05) is 55.5 Å². The van der Waals surface area contributed by atoms with E-state index in [0.717, 1.165) is 17.5 Å². The van der Waals surface area contributed by atoms with Crippen molar-refractivity contribution in [3.05, 3.63) is 84.0 Å². The van der Waals surface area contributed by atoms with E-state index in [-0.39, 0.29) is 25.4 Å². The fraction of sp³-hybridized carbons (Fsp3) is 0.333. The van der Waals surface area contributed by atoms with Gasteiger partial charge in [0.2, 0.25) is 0 Å². The van der Waals surface area contributed by atoms with Crippen LogP contribution < -0.4 is 9.47 Å². The molecule has 0 heterocycles. The van der Waals surface area contributed by atoms with Gasteiger partial charge in [0.15, 0.2) is 0 Å². The summed E-state index contributed by atoms with van der Waals surface area (Å²) in [6.07, 6.45) is 0.133. The second kappa shape index (κ2) is 12.5. The predicted octanol–water partition coefficient (Wildman–Crippen LogP) is 5.05. The zero-order valence-electron chi connectivity index (χ0n) is 19.8. The Kier molecular flexibility index (Phi) is 9.73. The second-order valence-electron chi connectivity index (χ2n) is 8.08. The molecular weight excluding hydrogens is 420 g/mol. The summed E-state index contributed by atoms with van der Waals surface area (Å²) >= 11 is 0. The van der Waals surface area contributed by atoms with Gasteiger partial charge in [-0.25, -0.2) is 9.59 Å². The number of ether oxygens (including phenoxy) is 4. The quantitative estimate of drug-likeness (QED) is 0.331. The van der Waals surface area contributed by atoms with Crippen LogP contribution in [-0.4, -0.2) is 37.4 Å².